The van der Waals surface area contributed by atoms with Crippen molar-refractivity contribution < 1.29 is 13.6 Å². The molecule has 2 nitrogen and oxygen atoms in total. The van der Waals surface area contributed by atoms with Crippen LogP contribution in [0, 0.1) is 17.6 Å². The molecule has 1 aromatic carbocycles. The van der Waals surface area contributed by atoms with Crippen molar-refractivity contribution in [1.82, 2.24) is 4.90 Å². The molecule has 0 heterocycles. The largest absolute Gasteiger partial charge is 0.296 e. The number of likely N-dealkylation sites (N-methyl/N-ethyl adjacent to an activating group) is 1. The highest BCUT2D eigenvalue weighted by Crippen LogP contribution is 2.15. The third-order valence-electron chi connectivity index (χ3n) is 3.73. The molecular formula is C16H23F2NO. The Morgan fingerprint density at radius 1 is 1.15 bits per heavy atom. The van der Waals surface area contributed by atoms with Gasteiger partial charge in [-0.3, -0.25) is 9.69 Å². The molecule has 0 saturated carbocycles. The van der Waals surface area contributed by atoms with Gasteiger partial charge in [0.2, 0.25) is 0 Å². The zero-order chi connectivity index (χ0) is 15.1. The Morgan fingerprint density at radius 3 is 2.15 bits per heavy atom. The van der Waals surface area contributed by atoms with Crippen LogP contribution in [0.15, 0.2) is 18.2 Å². The summed E-state index contributed by atoms with van der Waals surface area (Å²) in [5.74, 6) is -1.55. The van der Waals surface area contributed by atoms with Gasteiger partial charge in [0.25, 0.3) is 0 Å². The third-order valence-corrected chi connectivity index (χ3v) is 3.73. The quantitative estimate of drug-likeness (QED) is 0.674. The van der Waals surface area contributed by atoms with E-state index in [2.05, 4.69) is 13.8 Å². The minimum atomic E-state index is -0.784. The fraction of sp³-hybridized carbons (Fsp3) is 0.562. The summed E-state index contributed by atoms with van der Waals surface area (Å²) in [6.45, 7) is 7.71. The van der Waals surface area contributed by atoms with E-state index in [9.17, 15) is 13.6 Å². The van der Waals surface area contributed by atoms with Gasteiger partial charge in [-0.2, -0.15) is 0 Å². The minimum Gasteiger partial charge on any atom is -0.296 e. The number of benzene rings is 1. The molecule has 1 rings (SSSR count). The highest BCUT2D eigenvalue weighted by molar-refractivity contribution is 5.98. The molecule has 4 heteroatoms. The van der Waals surface area contributed by atoms with E-state index >= 15 is 0 Å². The Balaban J connectivity index is 2.77. The van der Waals surface area contributed by atoms with Crippen LogP contribution in [0.25, 0.3) is 0 Å². The summed E-state index contributed by atoms with van der Waals surface area (Å²) in [7, 11) is 0. The van der Waals surface area contributed by atoms with Crippen LogP contribution in [0.3, 0.4) is 0 Å². The van der Waals surface area contributed by atoms with Crippen LogP contribution < -0.4 is 0 Å². The van der Waals surface area contributed by atoms with Gasteiger partial charge in [-0.15, -0.1) is 0 Å². The fourth-order valence-electron chi connectivity index (χ4n) is 2.26. The van der Waals surface area contributed by atoms with Gasteiger partial charge in [-0.05, 0) is 24.6 Å². The number of carbonyl (C=O) groups is 1. The van der Waals surface area contributed by atoms with Crippen LogP contribution in [0.5, 0.6) is 0 Å². The summed E-state index contributed by atoms with van der Waals surface area (Å²) >= 11 is 0. The molecule has 0 amide bonds. The average molecular weight is 283 g/mol. The Hall–Kier alpha value is -1.29. The summed E-state index contributed by atoms with van der Waals surface area (Å²) < 4.78 is 27.1. The molecule has 1 aromatic rings. The molecule has 0 aliphatic rings. The van der Waals surface area contributed by atoms with Crippen molar-refractivity contribution in [2.24, 2.45) is 5.92 Å². The van der Waals surface area contributed by atoms with Gasteiger partial charge >= 0.3 is 0 Å². The van der Waals surface area contributed by atoms with Crippen molar-refractivity contribution in [3.8, 4) is 0 Å². The maximum atomic E-state index is 13.6. The molecule has 112 valence electrons. The van der Waals surface area contributed by atoms with E-state index in [1.54, 1.807) is 0 Å². The number of halogens is 2. The minimum absolute atomic E-state index is 0.0604. The van der Waals surface area contributed by atoms with Crippen LogP contribution in [0.1, 0.15) is 44.0 Å². The van der Waals surface area contributed by atoms with Gasteiger partial charge in [0, 0.05) is 6.54 Å². The topological polar surface area (TPSA) is 20.3 Å². The Bertz CT molecular complexity index is 424. The molecule has 0 spiro atoms. The van der Waals surface area contributed by atoms with Gasteiger partial charge in [0.05, 0.1) is 12.1 Å². The predicted octanol–water partition coefficient (Wildman–Crippen LogP) is 3.91. The molecule has 0 atom stereocenters. The smallest absolute Gasteiger partial charge is 0.182 e. The highest BCUT2D eigenvalue weighted by Gasteiger charge is 2.20. The van der Waals surface area contributed by atoms with Crippen molar-refractivity contribution >= 4 is 5.78 Å². The number of nitrogens with zero attached hydrogens (tertiary/aromatic N) is 1. The maximum absolute atomic E-state index is 13.6. The van der Waals surface area contributed by atoms with Gasteiger partial charge in [-0.1, -0.05) is 39.7 Å². The second kappa shape index (κ2) is 8.10. The number of hydrogen-bond donors (Lipinski definition) is 0. The first-order chi connectivity index (χ1) is 9.53. The lowest BCUT2D eigenvalue weighted by atomic mass is 10.0. The molecule has 0 radical (unpaired) electrons. The Labute approximate surface area is 119 Å². The summed E-state index contributed by atoms with van der Waals surface area (Å²) in [4.78, 5) is 14.0. The van der Waals surface area contributed by atoms with Crippen LogP contribution in [0.4, 0.5) is 8.78 Å². The monoisotopic (exact) mass is 283 g/mol. The van der Waals surface area contributed by atoms with Crippen molar-refractivity contribution in [2.75, 3.05) is 19.6 Å². The predicted molar refractivity (Wildman–Crippen MR) is 76.9 cm³/mol. The number of carbonyl (C=O) groups excluding carboxylic acids is 1. The lowest BCUT2D eigenvalue weighted by Gasteiger charge is -2.24. The molecular weight excluding hydrogens is 260 g/mol. The van der Waals surface area contributed by atoms with Crippen LogP contribution in [-0.2, 0) is 0 Å². The van der Waals surface area contributed by atoms with Crippen molar-refractivity contribution in [1.29, 1.82) is 0 Å². The normalized spacial score (nSPS) is 11.3. The summed E-state index contributed by atoms with van der Waals surface area (Å²) in [5.41, 5.74) is -0.421. The standard InChI is InChI=1S/C16H23F2NO/c1-4-12(5-2)10-19(6-3)11-15(20)16-13(17)8-7-9-14(16)18/h7-9,12H,4-6,10-11H2,1-3H3. The van der Waals surface area contributed by atoms with Gasteiger partial charge in [-0.25, -0.2) is 8.78 Å². The lowest BCUT2D eigenvalue weighted by Crippen LogP contribution is -2.34. The van der Waals surface area contributed by atoms with E-state index in [1.165, 1.54) is 6.07 Å². The Morgan fingerprint density at radius 2 is 1.70 bits per heavy atom. The summed E-state index contributed by atoms with van der Waals surface area (Å²) in [6.07, 6.45) is 2.07. The molecule has 0 bridgehead atoms. The molecule has 0 fully saturated rings. The van der Waals surface area contributed by atoms with Crippen LogP contribution in [0.2, 0.25) is 0 Å². The van der Waals surface area contributed by atoms with Crippen molar-refractivity contribution in [3.05, 3.63) is 35.4 Å². The van der Waals surface area contributed by atoms with Crippen LogP contribution >= 0.6 is 0 Å². The van der Waals surface area contributed by atoms with Crippen LogP contribution in [-0.4, -0.2) is 30.3 Å². The maximum Gasteiger partial charge on any atom is 0.182 e. The first-order valence-electron chi connectivity index (χ1n) is 7.22. The molecule has 20 heavy (non-hydrogen) atoms. The second-order valence-electron chi connectivity index (χ2n) is 5.03. The summed E-state index contributed by atoms with van der Waals surface area (Å²) in [6, 6.07) is 3.50. The van der Waals surface area contributed by atoms with Gasteiger partial charge < -0.3 is 0 Å². The zero-order valence-electron chi connectivity index (χ0n) is 12.5. The molecule has 0 aromatic heterocycles. The van der Waals surface area contributed by atoms with Crippen molar-refractivity contribution in [2.45, 2.75) is 33.6 Å². The van der Waals surface area contributed by atoms with E-state index in [-0.39, 0.29) is 6.54 Å². The number of rotatable bonds is 8. The van der Waals surface area contributed by atoms with E-state index in [1.807, 2.05) is 11.8 Å². The number of hydrogen-bond acceptors (Lipinski definition) is 2. The first kappa shape index (κ1) is 16.8. The Kier molecular flexibility index (Phi) is 6.79. The molecule has 0 saturated heterocycles. The fourth-order valence-corrected chi connectivity index (χ4v) is 2.26. The molecule has 0 unspecified atom stereocenters. The zero-order valence-corrected chi connectivity index (χ0v) is 12.5. The van der Waals surface area contributed by atoms with Gasteiger partial charge in [0.1, 0.15) is 11.6 Å². The lowest BCUT2D eigenvalue weighted by molar-refractivity contribution is 0.0912. The van der Waals surface area contributed by atoms with E-state index in [0.29, 0.717) is 12.5 Å². The highest BCUT2D eigenvalue weighted by atomic mass is 19.1. The average Bonchev–Trinajstić information content (AvgIpc) is 2.43. The number of Topliss-reactive ketones (excluding diaryl/α,β-unsaturated/α-hetero) is 1. The summed E-state index contributed by atoms with van der Waals surface area (Å²) in [5, 5.41) is 0. The molecule has 0 N–H and O–H groups in total. The first-order valence-corrected chi connectivity index (χ1v) is 7.22. The van der Waals surface area contributed by atoms with Crippen molar-refractivity contribution in [3.63, 3.8) is 0 Å². The second-order valence-corrected chi connectivity index (χ2v) is 5.03. The van der Waals surface area contributed by atoms with Gasteiger partial charge in [0.15, 0.2) is 5.78 Å². The molecule has 0 aliphatic carbocycles. The number of ketones is 1. The molecule has 0 aliphatic heterocycles. The van der Waals surface area contributed by atoms with E-state index < -0.39 is 23.0 Å². The van der Waals surface area contributed by atoms with E-state index in [4.69, 9.17) is 0 Å². The third kappa shape index (κ3) is 4.37. The van der Waals surface area contributed by atoms with E-state index in [0.717, 1.165) is 31.5 Å². The SMILES string of the molecule is CCC(CC)CN(CC)CC(=O)c1c(F)cccc1F.